The van der Waals surface area contributed by atoms with Gasteiger partial charge in [0.1, 0.15) is 6.04 Å². The van der Waals surface area contributed by atoms with Crippen LogP contribution in [0.2, 0.25) is 10.0 Å². The highest BCUT2D eigenvalue weighted by Crippen LogP contribution is 2.27. The second-order valence-corrected chi connectivity index (χ2v) is 8.76. The first-order valence-corrected chi connectivity index (χ1v) is 10.9. The highest BCUT2D eigenvalue weighted by molar-refractivity contribution is 6.42. The summed E-state index contributed by atoms with van der Waals surface area (Å²) in [5.41, 5.74) is 2.45. The van der Waals surface area contributed by atoms with Gasteiger partial charge >= 0.3 is 0 Å². The van der Waals surface area contributed by atoms with Gasteiger partial charge in [-0.25, -0.2) is 0 Å². The van der Waals surface area contributed by atoms with Gasteiger partial charge in [0, 0.05) is 29.4 Å². The van der Waals surface area contributed by atoms with Crippen LogP contribution in [0.4, 0.5) is 11.4 Å². The van der Waals surface area contributed by atoms with Crippen LogP contribution < -0.4 is 10.6 Å². The van der Waals surface area contributed by atoms with Crippen LogP contribution in [-0.4, -0.2) is 35.2 Å². The Morgan fingerprint density at radius 3 is 2.45 bits per heavy atom. The molecule has 0 saturated carbocycles. The maximum absolute atomic E-state index is 13.0. The number of benzene rings is 2. The summed E-state index contributed by atoms with van der Waals surface area (Å²) in [7, 11) is 0. The van der Waals surface area contributed by atoms with Crippen molar-refractivity contribution in [2.24, 2.45) is 5.92 Å². The van der Waals surface area contributed by atoms with Crippen LogP contribution in [-0.2, 0) is 9.59 Å². The van der Waals surface area contributed by atoms with Gasteiger partial charge in [0.05, 0.1) is 10.0 Å². The van der Waals surface area contributed by atoms with E-state index >= 15 is 0 Å². The first-order valence-electron chi connectivity index (χ1n) is 10.2. The molecule has 0 aliphatic carbocycles. The molecular weight excluding hydrogens is 437 g/mol. The molecule has 164 valence electrons. The molecule has 0 radical (unpaired) electrons. The van der Waals surface area contributed by atoms with Gasteiger partial charge in [0.2, 0.25) is 11.8 Å². The molecule has 0 spiro atoms. The van der Waals surface area contributed by atoms with Crippen molar-refractivity contribution in [3.05, 3.63) is 57.6 Å². The highest BCUT2D eigenvalue weighted by Gasteiger charge is 2.35. The number of halogens is 2. The van der Waals surface area contributed by atoms with E-state index in [0.717, 1.165) is 12.0 Å². The van der Waals surface area contributed by atoms with E-state index in [4.69, 9.17) is 23.2 Å². The zero-order valence-electron chi connectivity index (χ0n) is 17.7. The minimum Gasteiger partial charge on any atom is -0.327 e. The third-order valence-corrected chi connectivity index (χ3v) is 6.01. The minimum absolute atomic E-state index is 0.102. The summed E-state index contributed by atoms with van der Waals surface area (Å²) in [4.78, 5) is 39.6. The van der Waals surface area contributed by atoms with Crippen LogP contribution in [0, 0.1) is 12.8 Å². The molecule has 3 amide bonds. The predicted octanol–water partition coefficient (Wildman–Crippen LogP) is 5.14. The van der Waals surface area contributed by atoms with Crippen molar-refractivity contribution in [2.45, 2.75) is 39.7 Å². The monoisotopic (exact) mass is 461 g/mol. The topological polar surface area (TPSA) is 78.5 Å². The standard InChI is InChI=1S/C23H25Cl2N3O3/c1-13(2)21(29)26-16-8-6-14(3)19(12-16)27-22(30)20-5-4-10-28(20)23(31)15-7-9-17(24)18(25)11-15/h6-9,11-13,20H,4-5,10H2,1-3H3,(H,26,29)(H,27,30). The maximum atomic E-state index is 13.0. The molecule has 8 heteroatoms. The largest absolute Gasteiger partial charge is 0.327 e. The van der Waals surface area contributed by atoms with Crippen LogP contribution in [0.3, 0.4) is 0 Å². The second kappa shape index (κ2) is 9.71. The van der Waals surface area contributed by atoms with Gasteiger partial charge in [0.25, 0.3) is 5.91 Å². The Kier molecular flexibility index (Phi) is 7.23. The number of nitrogens with zero attached hydrogens (tertiary/aromatic N) is 1. The van der Waals surface area contributed by atoms with Gasteiger partial charge in [-0.2, -0.15) is 0 Å². The van der Waals surface area contributed by atoms with Gasteiger partial charge in [-0.1, -0.05) is 43.1 Å². The second-order valence-electron chi connectivity index (χ2n) is 7.95. The van der Waals surface area contributed by atoms with Crippen molar-refractivity contribution in [2.75, 3.05) is 17.2 Å². The molecule has 1 fully saturated rings. The number of hydrogen-bond acceptors (Lipinski definition) is 3. The maximum Gasteiger partial charge on any atom is 0.254 e. The van der Waals surface area contributed by atoms with Crippen molar-refractivity contribution in [3.8, 4) is 0 Å². The summed E-state index contributed by atoms with van der Waals surface area (Å²) in [5, 5.41) is 6.42. The van der Waals surface area contributed by atoms with Crippen LogP contribution in [0.5, 0.6) is 0 Å². The smallest absolute Gasteiger partial charge is 0.254 e. The van der Waals surface area contributed by atoms with Gasteiger partial charge < -0.3 is 15.5 Å². The molecule has 0 bridgehead atoms. The average molecular weight is 462 g/mol. The van der Waals surface area contributed by atoms with E-state index in [0.29, 0.717) is 39.9 Å². The van der Waals surface area contributed by atoms with Crippen molar-refractivity contribution in [1.82, 2.24) is 4.90 Å². The Bertz CT molecular complexity index is 1020. The number of carbonyl (C=O) groups excluding carboxylic acids is 3. The third kappa shape index (κ3) is 5.38. The van der Waals surface area contributed by atoms with Gasteiger partial charge in [-0.15, -0.1) is 0 Å². The van der Waals surface area contributed by atoms with Crippen molar-refractivity contribution in [3.63, 3.8) is 0 Å². The number of likely N-dealkylation sites (tertiary alicyclic amines) is 1. The van der Waals surface area contributed by atoms with Gasteiger partial charge in [-0.05, 0) is 55.7 Å². The number of hydrogen-bond donors (Lipinski definition) is 2. The van der Waals surface area contributed by atoms with Crippen LogP contribution in [0.25, 0.3) is 0 Å². The lowest BCUT2D eigenvalue weighted by Gasteiger charge is -2.24. The van der Waals surface area contributed by atoms with E-state index in [-0.39, 0.29) is 23.6 Å². The summed E-state index contributed by atoms with van der Waals surface area (Å²) < 4.78 is 0. The molecule has 31 heavy (non-hydrogen) atoms. The zero-order valence-corrected chi connectivity index (χ0v) is 19.2. The number of nitrogens with one attached hydrogen (secondary N) is 2. The van der Waals surface area contributed by atoms with E-state index in [9.17, 15) is 14.4 Å². The summed E-state index contributed by atoms with van der Waals surface area (Å²) in [5.74, 6) is -0.777. The lowest BCUT2D eigenvalue weighted by molar-refractivity contribution is -0.120. The van der Waals surface area contributed by atoms with Gasteiger partial charge in [-0.3, -0.25) is 14.4 Å². The summed E-state index contributed by atoms with van der Waals surface area (Å²) in [6.07, 6.45) is 1.30. The molecule has 2 aromatic rings. The van der Waals surface area contributed by atoms with Gasteiger partial charge in [0.15, 0.2) is 0 Å². The Labute approximate surface area is 191 Å². The quantitative estimate of drug-likeness (QED) is 0.646. The predicted molar refractivity (Wildman–Crippen MR) is 124 cm³/mol. The molecule has 1 aliphatic rings. The van der Waals surface area contributed by atoms with E-state index < -0.39 is 6.04 Å². The van der Waals surface area contributed by atoms with E-state index in [2.05, 4.69) is 10.6 Å². The van der Waals surface area contributed by atoms with Crippen molar-refractivity contribution < 1.29 is 14.4 Å². The normalized spacial score (nSPS) is 15.8. The number of amides is 3. The number of anilines is 2. The molecule has 3 rings (SSSR count). The molecule has 1 saturated heterocycles. The minimum atomic E-state index is -0.588. The average Bonchev–Trinajstić information content (AvgIpc) is 3.22. The summed E-state index contributed by atoms with van der Waals surface area (Å²) in [6, 6.07) is 9.46. The molecule has 1 atom stereocenters. The van der Waals surface area contributed by atoms with Crippen molar-refractivity contribution in [1.29, 1.82) is 0 Å². The fraction of sp³-hybridized carbons (Fsp3) is 0.348. The fourth-order valence-corrected chi connectivity index (χ4v) is 3.71. The zero-order chi connectivity index (χ0) is 22.7. The van der Waals surface area contributed by atoms with Crippen LogP contribution in [0.1, 0.15) is 42.6 Å². The summed E-state index contributed by atoms with van der Waals surface area (Å²) >= 11 is 12.0. The van der Waals surface area contributed by atoms with Crippen LogP contribution in [0.15, 0.2) is 36.4 Å². The Balaban J connectivity index is 1.75. The molecule has 0 aromatic heterocycles. The lowest BCUT2D eigenvalue weighted by Crippen LogP contribution is -2.43. The first-order chi connectivity index (χ1) is 14.7. The Morgan fingerprint density at radius 2 is 1.77 bits per heavy atom. The number of aryl methyl sites for hydroxylation is 1. The number of rotatable bonds is 5. The van der Waals surface area contributed by atoms with E-state index in [1.165, 1.54) is 6.07 Å². The SMILES string of the molecule is Cc1ccc(NC(=O)C(C)C)cc1NC(=O)C1CCCN1C(=O)c1ccc(Cl)c(Cl)c1. The van der Waals surface area contributed by atoms with Crippen LogP contribution >= 0.6 is 23.2 Å². The lowest BCUT2D eigenvalue weighted by atomic mass is 10.1. The van der Waals surface area contributed by atoms with E-state index in [1.54, 1.807) is 29.2 Å². The molecule has 1 aliphatic heterocycles. The molecule has 1 unspecified atom stereocenters. The Morgan fingerprint density at radius 1 is 1.03 bits per heavy atom. The van der Waals surface area contributed by atoms with E-state index in [1.807, 2.05) is 26.8 Å². The molecule has 2 aromatic carbocycles. The van der Waals surface area contributed by atoms with Crippen molar-refractivity contribution >= 4 is 52.3 Å². The summed E-state index contributed by atoms with van der Waals surface area (Å²) in [6.45, 7) is 5.98. The molecule has 6 nitrogen and oxygen atoms in total. The number of carbonyl (C=O) groups is 3. The molecule has 2 N–H and O–H groups in total. The highest BCUT2D eigenvalue weighted by atomic mass is 35.5. The Hall–Kier alpha value is -2.57. The fourth-order valence-electron chi connectivity index (χ4n) is 3.41. The molecular formula is C23H25Cl2N3O3. The molecule has 1 heterocycles. The third-order valence-electron chi connectivity index (χ3n) is 5.27. The first kappa shape index (κ1) is 23.1.